The van der Waals surface area contributed by atoms with Gasteiger partial charge in [0, 0.05) is 18.8 Å². The van der Waals surface area contributed by atoms with E-state index in [9.17, 15) is 5.26 Å². The van der Waals surface area contributed by atoms with Gasteiger partial charge in [0.2, 0.25) is 0 Å². The van der Waals surface area contributed by atoms with Gasteiger partial charge in [-0.3, -0.25) is 0 Å². The normalized spacial score (nSPS) is 10.1. The molecule has 0 bridgehead atoms. The number of rotatable bonds is 4. The number of aromatic amines is 1. The van der Waals surface area contributed by atoms with E-state index in [1.165, 1.54) is 0 Å². The first-order valence-electron chi connectivity index (χ1n) is 6.23. The number of nitrogens with zero attached hydrogens (tertiary/aromatic N) is 2. The van der Waals surface area contributed by atoms with E-state index in [-0.39, 0.29) is 0 Å². The number of nitrogens with one attached hydrogen (secondary N) is 1. The van der Waals surface area contributed by atoms with Crippen molar-refractivity contribution < 1.29 is 0 Å². The molecule has 3 nitrogen and oxygen atoms in total. The van der Waals surface area contributed by atoms with Crippen LogP contribution in [0, 0.1) is 11.3 Å². The summed E-state index contributed by atoms with van der Waals surface area (Å²) in [6.07, 6.45) is 0. The first kappa shape index (κ1) is 12.3. The fourth-order valence-corrected chi connectivity index (χ4v) is 2.09. The maximum absolute atomic E-state index is 9.22. The molecule has 1 aromatic heterocycles. The molecule has 0 aliphatic heterocycles. The van der Waals surface area contributed by atoms with Crippen LogP contribution in [-0.2, 0) is 0 Å². The molecular weight excluding hydrogens is 222 g/mol. The van der Waals surface area contributed by atoms with Crippen LogP contribution >= 0.6 is 0 Å². The summed E-state index contributed by atoms with van der Waals surface area (Å²) in [6.45, 7) is 5.96. The van der Waals surface area contributed by atoms with E-state index >= 15 is 0 Å². The fraction of sp³-hybridized carbons (Fsp3) is 0.267. The number of hydrogen-bond acceptors (Lipinski definition) is 2. The van der Waals surface area contributed by atoms with Crippen LogP contribution in [0.15, 0.2) is 36.4 Å². The van der Waals surface area contributed by atoms with Gasteiger partial charge < -0.3 is 9.88 Å². The minimum Gasteiger partial charge on any atom is -0.358 e. The van der Waals surface area contributed by atoms with Crippen molar-refractivity contribution in [2.75, 3.05) is 18.0 Å². The molecule has 0 aliphatic carbocycles. The Kier molecular flexibility index (Phi) is 3.69. The largest absolute Gasteiger partial charge is 0.358 e. The molecule has 1 heterocycles. The monoisotopic (exact) mass is 239 g/mol. The predicted octanol–water partition coefficient (Wildman–Crippen LogP) is 3.40. The average molecular weight is 239 g/mol. The van der Waals surface area contributed by atoms with Crippen molar-refractivity contribution >= 4 is 5.82 Å². The second-order valence-electron chi connectivity index (χ2n) is 4.10. The summed E-state index contributed by atoms with van der Waals surface area (Å²) in [7, 11) is 0. The lowest BCUT2D eigenvalue weighted by Crippen LogP contribution is -2.22. The second-order valence-corrected chi connectivity index (χ2v) is 4.10. The molecule has 2 rings (SSSR count). The molecule has 3 heteroatoms. The zero-order valence-corrected chi connectivity index (χ0v) is 10.8. The van der Waals surface area contributed by atoms with E-state index in [0.29, 0.717) is 5.56 Å². The Hall–Kier alpha value is -2.21. The third-order valence-electron chi connectivity index (χ3n) is 3.08. The maximum Gasteiger partial charge on any atom is 0.124 e. The van der Waals surface area contributed by atoms with Crippen molar-refractivity contribution in [3.8, 4) is 17.3 Å². The number of benzene rings is 1. The van der Waals surface area contributed by atoms with Gasteiger partial charge in [0.15, 0.2) is 0 Å². The standard InChI is InChI=1S/C15H17N3/c1-3-18(4-2)15-13(11-16)10-14(17-15)12-8-6-5-7-9-12/h5-10,17H,3-4H2,1-2H3. The Balaban J connectivity index is 2.45. The van der Waals surface area contributed by atoms with Crippen LogP contribution in [0.2, 0.25) is 0 Å². The molecule has 0 atom stereocenters. The van der Waals surface area contributed by atoms with Gasteiger partial charge in [-0.15, -0.1) is 0 Å². The van der Waals surface area contributed by atoms with E-state index in [1.54, 1.807) is 0 Å². The molecule has 2 aromatic rings. The number of anilines is 1. The minimum absolute atomic E-state index is 0.706. The van der Waals surface area contributed by atoms with Crippen molar-refractivity contribution in [2.24, 2.45) is 0 Å². The Morgan fingerprint density at radius 2 is 1.83 bits per heavy atom. The highest BCUT2D eigenvalue weighted by Crippen LogP contribution is 2.26. The molecular formula is C15H17N3. The molecule has 1 aromatic carbocycles. The molecule has 18 heavy (non-hydrogen) atoms. The lowest BCUT2D eigenvalue weighted by Gasteiger charge is -2.19. The third-order valence-corrected chi connectivity index (χ3v) is 3.08. The van der Waals surface area contributed by atoms with Crippen LogP contribution in [0.25, 0.3) is 11.3 Å². The highest BCUT2D eigenvalue weighted by Gasteiger charge is 2.13. The Morgan fingerprint density at radius 1 is 1.17 bits per heavy atom. The molecule has 0 radical (unpaired) electrons. The maximum atomic E-state index is 9.22. The number of H-pyrrole nitrogens is 1. The summed E-state index contributed by atoms with van der Waals surface area (Å²) in [5.41, 5.74) is 2.80. The van der Waals surface area contributed by atoms with Crippen LogP contribution < -0.4 is 4.90 Å². The van der Waals surface area contributed by atoms with E-state index in [2.05, 4.69) is 29.8 Å². The molecule has 0 amide bonds. The van der Waals surface area contributed by atoms with Gasteiger partial charge in [0.1, 0.15) is 11.9 Å². The predicted molar refractivity (Wildman–Crippen MR) is 74.5 cm³/mol. The molecule has 0 fully saturated rings. The van der Waals surface area contributed by atoms with Gasteiger partial charge in [-0.2, -0.15) is 5.26 Å². The van der Waals surface area contributed by atoms with Gasteiger partial charge in [-0.1, -0.05) is 30.3 Å². The third kappa shape index (κ3) is 2.23. The van der Waals surface area contributed by atoms with Gasteiger partial charge in [-0.25, -0.2) is 0 Å². The van der Waals surface area contributed by atoms with E-state index in [4.69, 9.17) is 0 Å². The van der Waals surface area contributed by atoms with Crippen molar-refractivity contribution in [1.82, 2.24) is 4.98 Å². The van der Waals surface area contributed by atoms with Crippen LogP contribution in [0.4, 0.5) is 5.82 Å². The minimum atomic E-state index is 0.706. The van der Waals surface area contributed by atoms with E-state index in [1.807, 2.05) is 36.4 Å². The zero-order chi connectivity index (χ0) is 13.0. The molecule has 0 saturated heterocycles. The van der Waals surface area contributed by atoms with Crippen molar-refractivity contribution in [2.45, 2.75) is 13.8 Å². The summed E-state index contributed by atoms with van der Waals surface area (Å²) in [4.78, 5) is 5.51. The average Bonchev–Trinajstić information content (AvgIpc) is 2.85. The highest BCUT2D eigenvalue weighted by atomic mass is 15.2. The first-order chi connectivity index (χ1) is 8.80. The smallest absolute Gasteiger partial charge is 0.124 e. The summed E-state index contributed by atoms with van der Waals surface area (Å²) in [5, 5.41) is 9.22. The SMILES string of the molecule is CCN(CC)c1[nH]c(-c2ccccc2)cc1C#N. The lowest BCUT2D eigenvalue weighted by molar-refractivity contribution is 0.850. The fourth-order valence-electron chi connectivity index (χ4n) is 2.09. The van der Waals surface area contributed by atoms with Crippen molar-refractivity contribution in [3.63, 3.8) is 0 Å². The number of aromatic nitrogens is 1. The molecule has 1 N–H and O–H groups in total. The van der Waals surface area contributed by atoms with Crippen LogP contribution in [0.1, 0.15) is 19.4 Å². The summed E-state index contributed by atoms with van der Waals surface area (Å²) >= 11 is 0. The zero-order valence-electron chi connectivity index (χ0n) is 10.8. The van der Waals surface area contributed by atoms with Gasteiger partial charge >= 0.3 is 0 Å². The molecule has 92 valence electrons. The Morgan fingerprint density at radius 3 is 2.39 bits per heavy atom. The van der Waals surface area contributed by atoms with E-state index < -0.39 is 0 Å². The van der Waals surface area contributed by atoms with E-state index in [0.717, 1.165) is 30.2 Å². The van der Waals surface area contributed by atoms with Gasteiger partial charge in [0.25, 0.3) is 0 Å². The topological polar surface area (TPSA) is 42.8 Å². The van der Waals surface area contributed by atoms with Gasteiger partial charge in [-0.05, 0) is 25.5 Å². The Bertz CT molecular complexity index is 545. The van der Waals surface area contributed by atoms with Crippen LogP contribution in [-0.4, -0.2) is 18.1 Å². The summed E-state index contributed by atoms with van der Waals surface area (Å²) in [6, 6.07) is 14.3. The number of hydrogen-bond donors (Lipinski definition) is 1. The first-order valence-corrected chi connectivity index (χ1v) is 6.23. The lowest BCUT2D eigenvalue weighted by atomic mass is 10.1. The molecule has 0 saturated carbocycles. The number of nitriles is 1. The second kappa shape index (κ2) is 5.42. The molecule has 0 spiro atoms. The summed E-state index contributed by atoms with van der Waals surface area (Å²) < 4.78 is 0. The van der Waals surface area contributed by atoms with Crippen molar-refractivity contribution in [1.29, 1.82) is 5.26 Å². The highest BCUT2D eigenvalue weighted by molar-refractivity contribution is 5.69. The Labute approximate surface area is 108 Å². The van der Waals surface area contributed by atoms with Gasteiger partial charge in [0.05, 0.1) is 5.56 Å². The quantitative estimate of drug-likeness (QED) is 0.888. The summed E-state index contributed by atoms with van der Waals surface area (Å²) in [5.74, 6) is 0.918. The molecule has 0 aliphatic rings. The van der Waals surface area contributed by atoms with Crippen LogP contribution in [0.5, 0.6) is 0 Å². The van der Waals surface area contributed by atoms with Crippen molar-refractivity contribution in [3.05, 3.63) is 42.0 Å². The molecule has 0 unspecified atom stereocenters. The van der Waals surface area contributed by atoms with Crippen LogP contribution in [0.3, 0.4) is 0 Å².